The molecule has 0 radical (unpaired) electrons. The average molecular weight is 333 g/mol. The van der Waals surface area contributed by atoms with Gasteiger partial charge in [-0.15, -0.1) is 0 Å². The van der Waals surface area contributed by atoms with Gasteiger partial charge in [-0.25, -0.2) is 4.79 Å². The maximum Gasteiger partial charge on any atom is 0.416 e. The zero-order valence-corrected chi connectivity index (χ0v) is 12.5. The maximum absolute atomic E-state index is 12.8. The Bertz CT molecular complexity index is 578. The topological polar surface area (TPSA) is 70.0 Å². The van der Waals surface area contributed by atoms with E-state index in [1.807, 2.05) is 0 Å². The van der Waals surface area contributed by atoms with Crippen molar-refractivity contribution >= 4 is 6.09 Å². The second-order valence-corrected chi connectivity index (χ2v) is 5.41. The van der Waals surface area contributed by atoms with E-state index in [9.17, 15) is 28.2 Å². The standard InChI is InChI=1S/C15H18F3NO4/c1-2-23-13(21)19-7-6-14(22,12(20)9-19)10-4-3-5-11(8-10)15(16,17)18/h3-5,8,12,20,22H,2,6-7,9H2,1H3. The second kappa shape index (κ2) is 6.37. The molecule has 128 valence electrons. The lowest BCUT2D eigenvalue weighted by molar-refractivity contribution is -0.138. The van der Waals surface area contributed by atoms with Crippen LogP contribution in [0.2, 0.25) is 0 Å². The summed E-state index contributed by atoms with van der Waals surface area (Å²) in [6.45, 7) is 1.66. The molecule has 2 N–H and O–H groups in total. The van der Waals surface area contributed by atoms with Crippen LogP contribution in [0.15, 0.2) is 24.3 Å². The fraction of sp³-hybridized carbons (Fsp3) is 0.533. The van der Waals surface area contributed by atoms with Crippen molar-refractivity contribution in [1.29, 1.82) is 0 Å². The Morgan fingerprint density at radius 1 is 1.48 bits per heavy atom. The van der Waals surface area contributed by atoms with Crippen LogP contribution in [0.1, 0.15) is 24.5 Å². The van der Waals surface area contributed by atoms with Gasteiger partial charge < -0.3 is 19.8 Å². The van der Waals surface area contributed by atoms with Crippen LogP contribution in [0, 0.1) is 0 Å². The van der Waals surface area contributed by atoms with E-state index >= 15 is 0 Å². The largest absolute Gasteiger partial charge is 0.450 e. The summed E-state index contributed by atoms with van der Waals surface area (Å²) in [6, 6.07) is 4.23. The highest BCUT2D eigenvalue weighted by atomic mass is 19.4. The van der Waals surface area contributed by atoms with Gasteiger partial charge in [0, 0.05) is 13.0 Å². The van der Waals surface area contributed by atoms with Gasteiger partial charge >= 0.3 is 12.3 Å². The molecule has 1 aliphatic heterocycles. The molecule has 1 fully saturated rings. The fourth-order valence-electron chi connectivity index (χ4n) is 2.61. The molecule has 0 bridgehead atoms. The first-order chi connectivity index (χ1) is 10.7. The molecule has 23 heavy (non-hydrogen) atoms. The van der Waals surface area contributed by atoms with Crippen molar-refractivity contribution in [1.82, 2.24) is 4.90 Å². The van der Waals surface area contributed by atoms with Crippen LogP contribution in [0.4, 0.5) is 18.0 Å². The predicted octanol–water partition coefficient (Wildman–Crippen LogP) is 2.12. The van der Waals surface area contributed by atoms with Crippen molar-refractivity contribution in [2.45, 2.75) is 31.2 Å². The summed E-state index contributed by atoms with van der Waals surface area (Å²) in [5.41, 5.74) is -2.77. The molecule has 8 heteroatoms. The fourth-order valence-corrected chi connectivity index (χ4v) is 2.61. The molecule has 2 unspecified atom stereocenters. The van der Waals surface area contributed by atoms with Crippen molar-refractivity contribution in [3.05, 3.63) is 35.4 Å². The number of amides is 1. The van der Waals surface area contributed by atoms with Crippen molar-refractivity contribution < 1.29 is 32.9 Å². The minimum absolute atomic E-state index is 0.0247. The van der Waals surface area contributed by atoms with Gasteiger partial charge in [-0.05, 0) is 24.6 Å². The monoisotopic (exact) mass is 333 g/mol. The summed E-state index contributed by atoms with van der Waals surface area (Å²) in [6.07, 6.45) is -6.67. The van der Waals surface area contributed by atoms with Crippen LogP contribution in [0.3, 0.4) is 0 Å². The molecule has 0 aliphatic carbocycles. The van der Waals surface area contributed by atoms with Gasteiger partial charge in [-0.2, -0.15) is 13.2 Å². The Morgan fingerprint density at radius 2 is 2.17 bits per heavy atom. The molecule has 0 aromatic heterocycles. The molecule has 1 amide bonds. The van der Waals surface area contributed by atoms with E-state index in [1.165, 1.54) is 17.0 Å². The van der Waals surface area contributed by atoms with Crippen molar-refractivity contribution in [2.24, 2.45) is 0 Å². The lowest BCUT2D eigenvalue weighted by Crippen LogP contribution is -2.55. The number of alkyl halides is 3. The van der Waals surface area contributed by atoms with E-state index < -0.39 is 29.5 Å². The van der Waals surface area contributed by atoms with Crippen LogP contribution in [-0.4, -0.2) is 47.0 Å². The predicted molar refractivity (Wildman–Crippen MR) is 74.6 cm³/mol. The van der Waals surface area contributed by atoms with Crippen molar-refractivity contribution in [2.75, 3.05) is 19.7 Å². The van der Waals surface area contributed by atoms with Gasteiger partial charge in [0.05, 0.1) is 18.7 Å². The quantitative estimate of drug-likeness (QED) is 0.870. The molecule has 1 aromatic rings. The number of likely N-dealkylation sites (tertiary alicyclic amines) is 1. The third-order valence-electron chi connectivity index (χ3n) is 3.92. The zero-order valence-electron chi connectivity index (χ0n) is 12.5. The molecule has 5 nitrogen and oxygen atoms in total. The number of piperidine rings is 1. The number of carbonyl (C=O) groups is 1. The lowest BCUT2D eigenvalue weighted by atomic mass is 9.81. The number of carbonyl (C=O) groups excluding carboxylic acids is 1. The Kier molecular flexibility index (Phi) is 4.86. The van der Waals surface area contributed by atoms with Gasteiger partial charge in [-0.1, -0.05) is 12.1 Å². The van der Waals surface area contributed by atoms with E-state index in [4.69, 9.17) is 4.74 Å². The van der Waals surface area contributed by atoms with Crippen molar-refractivity contribution in [3.63, 3.8) is 0 Å². The normalized spacial score (nSPS) is 25.3. The summed E-state index contributed by atoms with van der Waals surface area (Å²) >= 11 is 0. The third kappa shape index (κ3) is 3.59. The molecule has 1 saturated heterocycles. The smallest absolute Gasteiger partial charge is 0.416 e. The van der Waals surface area contributed by atoms with Gasteiger partial charge in [0.2, 0.25) is 0 Å². The van der Waals surface area contributed by atoms with Gasteiger partial charge in [-0.3, -0.25) is 0 Å². The molecule has 0 spiro atoms. The van der Waals surface area contributed by atoms with Crippen LogP contribution >= 0.6 is 0 Å². The Hall–Kier alpha value is -1.80. The minimum atomic E-state index is -4.54. The van der Waals surface area contributed by atoms with Crippen LogP contribution in [0.5, 0.6) is 0 Å². The third-order valence-corrected chi connectivity index (χ3v) is 3.92. The zero-order chi connectivity index (χ0) is 17.3. The maximum atomic E-state index is 12.8. The van der Waals surface area contributed by atoms with Crippen LogP contribution < -0.4 is 0 Å². The number of hydrogen-bond acceptors (Lipinski definition) is 4. The lowest BCUT2D eigenvalue weighted by Gasteiger charge is -2.42. The first-order valence-corrected chi connectivity index (χ1v) is 7.18. The van der Waals surface area contributed by atoms with Gasteiger partial charge in [0.1, 0.15) is 11.7 Å². The van der Waals surface area contributed by atoms with Gasteiger partial charge in [0.15, 0.2) is 0 Å². The number of rotatable bonds is 2. The van der Waals surface area contributed by atoms with Crippen LogP contribution in [-0.2, 0) is 16.5 Å². The summed E-state index contributed by atoms with van der Waals surface area (Å²) < 4.78 is 43.2. The van der Waals surface area contributed by atoms with E-state index in [1.54, 1.807) is 6.92 Å². The molecule has 1 aliphatic rings. The van der Waals surface area contributed by atoms with E-state index in [0.717, 1.165) is 12.1 Å². The minimum Gasteiger partial charge on any atom is -0.450 e. The molecule has 0 saturated carbocycles. The molecule has 1 aromatic carbocycles. The highest BCUT2D eigenvalue weighted by molar-refractivity contribution is 5.67. The summed E-state index contributed by atoms with van der Waals surface area (Å²) in [5.74, 6) is 0. The Balaban J connectivity index is 2.22. The SMILES string of the molecule is CCOC(=O)N1CCC(O)(c2cccc(C(F)(F)F)c2)C(O)C1. The first-order valence-electron chi connectivity index (χ1n) is 7.18. The molecule has 1 heterocycles. The number of β-amino-alcohol motifs (C(OH)–C–C–N with tert-alkyl or cyclic N) is 1. The number of aliphatic hydroxyl groups is 2. The van der Waals surface area contributed by atoms with Crippen LogP contribution in [0.25, 0.3) is 0 Å². The molecule has 2 rings (SSSR count). The van der Waals surface area contributed by atoms with E-state index in [-0.39, 0.29) is 31.7 Å². The number of halogens is 3. The molecular weight excluding hydrogens is 315 g/mol. The highest BCUT2D eigenvalue weighted by Crippen LogP contribution is 2.37. The number of hydrogen-bond donors (Lipinski definition) is 2. The Labute approximate surface area is 131 Å². The number of nitrogens with zero attached hydrogens (tertiary/aromatic N) is 1. The second-order valence-electron chi connectivity index (χ2n) is 5.41. The summed E-state index contributed by atoms with van der Waals surface area (Å²) in [5, 5.41) is 20.8. The number of ether oxygens (including phenoxy) is 1. The van der Waals surface area contributed by atoms with Gasteiger partial charge in [0.25, 0.3) is 0 Å². The first kappa shape index (κ1) is 17.6. The summed E-state index contributed by atoms with van der Waals surface area (Å²) in [7, 11) is 0. The average Bonchev–Trinajstić information content (AvgIpc) is 2.49. The highest BCUT2D eigenvalue weighted by Gasteiger charge is 2.44. The number of aliphatic hydroxyl groups excluding tert-OH is 1. The Morgan fingerprint density at radius 3 is 2.74 bits per heavy atom. The van der Waals surface area contributed by atoms with E-state index in [0.29, 0.717) is 0 Å². The van der Waals surface area contributed by atoms with E-state index in [2.05, 4.69) is 0 Å². The number of benzene rings is 1. The van der Waals surface area contributed by atoms with Crippen molar-refractivity contribution in [3.8, 4) is 0 Å². The summed E-state index contributed by atoms with van der Waals surface area (Å²) in [4.78, 5) is 12.9. The molecular formula is C15H18F3NO4. The molecule has 2 atom stereocenters.